The van der Waals surface area contributed by atoms with Gasteiger partial charge in [0.25, 0.3) is 0 Å². The van der Waals surface area contributed by atoms with E-state index in [0.717, 1.165) is 6.07 Å². The maximum atomic E-state index is 12.6. The van der Waals surface area contributed by atoms with Gasteiger partial charge in [-0.3, -0.25) is 9.97 Å². The summed E-state index contributed by atoms with van der Waals surface area (Å²) in [5, 5.41) is 0. The van der Waals surface area contributed by atoms with Gasteiger partial charge in [0.15, 0.2) is 0 Å². The van der Waals surface area contributed by atoms with E-state index in [9.17, 15) is 12.9 Å². The Bertz CT molecular complexity index is 510. The van der Waals surface area contributed by atoms with Crippen LogP contribution in [-0.4, -0.2) is 16.9 Å². The van der Waals surface area contributed by atoms with Crippen LogP contribution in [-0.2, 0) is 0 Å². The summed E-state index contributed by atoms with van der Waals surface area (Å²) in [6.45, 7) is -3.55. The molecule has 1 aromatic heterocycles. The molecule has 2 aromatic rings. The summed E-state index contributed by atoms with van der Waals surface area (Å²) in [5.74, 6) is 0. The maximum Gasteiger partial charge on any atom is 0.509 e. The predicted molar refractivity (Wildman–Crippen MR) is 53.0 cm³/mol. The van der Waals surface area contributed by atoms with Crippen molar-refractivity contribution in [2.45, 2.75) is 6.92 Å². The van der Waals surface area contributed by atoms with Crippen LogP contribution in [0.4, 0.5) is 12.9 Å². The average molecular weight is 211 g/mol. The van der Waals surface area contributed by atoms with Crippen LogP contribution in [0.5, 0.6) is 0 Å². The third-order valence-electron chi connectivity index (χ3n) is 2.21. The number of benzene rings is 1. The SMILES string of the molecule is Cc1cc2nccnc2cc1[B-](F)(F)F. The standard InChI is InChI=1S/C9H7BF3N2/c1-6-4-8-9(15-3-2-14-8)5-7(6)10(11,12)13/h2-5H,1H3/q-1. The molecular formula is C9H7BF3N2-. The monoisotopic (exact) mass is 211 g/mol. The quantitative estimate of drug-likeness (QED) is 0.674. The van der Waals surface area contributed by atoms with E-state index in [4.69, 9.17) is 0 Å². The van der Waals surface area contributed by atoms with Crippen LogP contribution in [0.3, 0.4) is 0 Å². The van der Waals surface area contributed by atoms with Crippen LogP contribution < -0.4 is 5.46 Å². The van der Waals surface area contributed by atoms with Crippen LogP contribution in [0.25, 0.3) is 11.0 Å². The van der Waals surface area contributed by atoms with Gasteiger partial charge in [-0.05, 0) is 13.0 Å². The lowest BCUT2D eigenvalue weighted by atomic mass is 9.77. The summed E-state index contributed by atoms with van der Waals surface area (Å²) in [6, 6.07) is 2.46. The van der Waals surface area contributed by atoms with Crippen LogP contribution in [0.2, 0.25) is 0 Å². The lowest BCUT2D eigenvalue weighted by molar-refractivity contribution is 0.500. The Morgan fingerprint density at radius 2 is 1.53 bits per heavy atom. The van der Waals surface area contributed by atoms with E-state index in [-0.39, 0.29) is 11.1 Å². The van der Waals surface area contributed by atoms with Crippen molar-refractivity contribution in [2.24, 2.45) is 0 Å². The van der Waals surface area contributed by atoms with Crippen molar-refractivity contribution >= 4 is 23.5 Å². The van der Waals surface area contributed by atoms with Gasteiger partial charge in [0, 0.05) is 12.4 Å². The molecule has 1 heterocycles. The highest BCUT2D eigenvalue weighted by Crippen LogP contribution is 2.16. The van der Waals surface area contributed by atoms with Gasteiger partial charge in [-0.15, -0.1) is 5.46 Å². The first-order chi connectivity index (χ1) is 6.98. The number of rotatable bonds is 1. The van der Waals surface area contributed by atoms with Crippen molar-refractivity contribution in [2.75, 3.05) is 0 Å². The molecule has 1 aromatic carbocycles. The first-order valence-electron chi connectivity index (χ1n) is 4.39. The topological polar surface area (TPSA) is 25.8 Å². The molecule has 78 valence electrons. The van der Waals surface area contributed by atoms with Crippen molar-refractivity contribution in [3.05, 3.63) is 30.1 Å². The number of halogens is 3. The van der Waals surface area contributed by atoms with Crippen LogP contribution in [0.1, 0.15) is 5.56 Å². The number of hydrogen-bond donors (Lipinski definition) is 0. The van der Waals surface area contributed by atoms with E-state index >= 15 is 0 Å². The Balaban J connectivity index is 2.73. The highest BCUT2D eigenvalue weighted by atomic mass is 19.4. The zero-order chi connectivity index (χ0) is 11.1. The number of fused-ring (bicyclic) bond motifs is 1. The van der Waals surface area contributed by atoms with E-state index < -0.39 is 12.4 Å². The zero-order valence-corrected chi connectivity index (χ0v) is 7.92. The molecule has 15 heavy (non-hydrogen) atoms. The van der Waals surface area contributed by atoms with Gasteiger partial charge in [-0.1, -0.05) is 11.6 Å². The molecule has 0 aliphatic carbocycles. The highest BCUT2D eigenvalue weighted by Gasteiger charge is 2.27. The average Bonchev–Trinajstić information content (AvgIpc) is 2.15. The Morgan fingerprint density at radius 3 is 2.07 bits per heavy atom. The van der Waals surface area contributed by atoms with Gasteiger partial charge in [0.05, 0.1) is 11.0 Å². The first kappa shape index (κ1) is 9.95. The molecule has 0 atom stereocenters. The summed E-state index contributed by atoms with van der Waals surface area (Å²) < 4.78 is 37.8. The summed E-state index contributed by atoms with van der Waals surface area (Å²) >= 11 is 0. The Hall–Kier alpha value is -1.59. The van der Waals surface area contributed by atoms with Crippen molar-refractivity contribution < 1.29 is 12.9 Å². The van der Waals surface area contributed by atoms with Crippen LogP contribution >= 0.6 is 0 Å². The lowest BCUT2D eigenvalue weighted by Gasteiger charge is -2.17. The third-order valence-corrected chi connectivity index (χ3v) is 2.21. The maximum absolute atomic E-state index is 12.6. The van der Waals surface area contributed by atoms with Crippen LogP contribution in [0, 0.1) is 6.92 Å². The van der Waals surface area contributed by atoms with E-state index in [2.05, 4.69) is 9.97 Å². The molecule has 0 saturated heterocycles. The molecule has 2 rings (SSSR count). The molecule has 6 heteroatoms. The van der Waals surface area contributed by atoms with E-state index in [1.54, 1.807) is 0 Å². The zero-order valence-electron chi connectivity index (χ0n) is 7.92. The number of aryl methyl sites for hydroxylation is 1. The van der Waals surface area contributed by atoms with E-state index in [0.29, 0.717) is 5.52 Å². The van der Waals surface area contributed by atoms with Gasteiger partial charge in [0.2, 0.25) is 0 Å². The molecule has 0 unspecified atom stereocenters. The summed E-state index contributed by atoms with van der Waals surface area (Å²) in [4.78, 5) is 7.79. The molecule has 0 radical (unpaired) electrons. The fourth-order valence-corrected chi connectivity index (χ4v) is 1.48. The van der Waals surface area contributed by atoms with Crippen LogP contribution in [0.15, 0.2) is 24.5 Å². The minimum atomic E-state index is -4.98. The molecule has 0 aliphatic rings. The van der Waals surface area contributed by atoms with E-state index in [1.807, 2.05) is 0 Å². The molecule has 0 fully saturated rings. The van der Waals surface area contributed by atoms with Gasteiger partial charge >= 0.3 is 6.98 Å². The molecular weight excluding hydrogens is 204 g/mol. The molecule has 0 bridgehead atoms. The fourth-order valence-electron chi connectivity index (χ4n) is 1.48. The minimum absolute atomic E-state index is 0.190. The molecule has 0 aliphatic heterocycles. The Morgan fingerprint density at radius 1 is 1.00 bits per heavy atom. The largest absolute Gasteiger partial charge is 0.509 e. The molecule has 0 amide bonds. The smallest absolute Gasteiger partial charge is 0.445 e. The van der Waals surface area contributed by atoms with Gasteiger partial charge in [-0.25, -0.2) is 0 Å². The van der Waals surface area contributed by atoms with Crippen molar-refractivity contribution in [1.29, 1.82) is 0 Å². The van der Waals surface area contributed by atoms with Crippen molar-refractivity contribution in [3.8, 4) is 0 Å². The van der Waals surface area contributed by atoms with Crippen molar-refractivity contribution in [1.82, 2.24) is 9.97 Å². The Kier molecular flexibility index (Phi) is 2.14. The molecule has 2 nitrogen and oxygen atoms in total. The summed E-state index contributed by atoms with van der Waals surface area (Å²) in [5.41, 5.74) is 0.356. The number of aromatic nitrogens is 2. The summed E-state index contributed by atoms with van der Waals surface area (Å²) in [7, 11) is 0. The molecule has 0 saturated carbocycles. The first-order valence-corrected chi connectivity index (χ1v) is 4.39. The van der Waals surface area contributed by atoms with Gasteiger partial charge < -0.3 is 12.9 Å². The fraction of sp³-hybridized carbons (Fsp3) is 0.111. The normalized spacial score (nSPS) is 12.0. The number of hydrogen-bond acceptors (Lipinski definition) is 2. The summed E-state index contributed by atoms with van der Waals surface area (Å²) in [6.07, 6.45) is 2.84. The second-order valence-electron chi connectivity index (χ2n) is 3.33. The molecule has 0 spiro atoms. The number of nitrogens with zero attached hydrogens (tertiary/aromatic N) is 2. The van der Waals surface area contributed by atoms with Crippen molar-refractivity contribution in [3.63, 3.8) is 0 Å². The minimum Gasteiger partial charge on any atom is -0.445 e. The lowest BCUT2D eigenvalue weighted by Crippen LogP contribution is -2.36. The highest BCUT2D eigenvalue weighted by molar-refractivity contribution is 6.74. The van der Waals surface area contributed by atoms with E-state index in [1.165, 1.54) is 25.4 Å². The second-order valence-corrected chi connectivity index (χ2v) is 3.33. The third kappa shape index (κ3) is 1.79. The second kappa shape index (κ2) is 3.22. The Labute approximate surface area is 84.2 Å². The van der Waals surface area contributed by atoms with Gasteiger partial charge in [-0.2, -0.15) is 0 Å². The van der Waals surface area contributed by atoms with Gasteiger partial charge in [0.1, 0.15) is 0 Å². The molecule has 0 N–H and O–H groups in total. The predicted octanol–water partition coefficient (Wildman–Crippen LogP) is 1.99.